The van der Waals surface area contributed by atoms with E-state index in [9.17, 15) is 14.4 Å². The third-order valence-electron chi connectivity index (χ3n) is 5.61. The fourth-order valence-electron chi connectivity index (χ4n) is 3.70. The smallest absolute Gasteiger partial charge is 0.295 e. The number of hydrogen-bond donors (Lipinski definition) is 0. The molecule has 0 saturated carbocycles. The van der Waals surface area contributed by atoms with Crippen molar-refractivity contribution < 1.29 is 9.59 Å². The summed E-state index contributed by atoms with van der Waals surface area (Å²) >= 11 is 1.43. The molecule has 1 aliphatic rings. The molecule has 31 heavy (non-hydrogen) atoms. The van der Waals surface area contributed by atoms with E-state index in [1.54, 1.807) is 29.3 Å². The fraction of sp³-hybridized carbons (Fsp3) is 0.391. The number of aromatic nitrogens is 2. The summed E-state index contributed by atoms with van der Waals surface area (Å²) < 4.78 is 1.53. The molecule has 0 radical (unpaired) electrons. The number of Topliss-reactive ketones (excluding diaryl/α,β-unsaturated/α-hetero) is 1. The van der Waals surface area contributed by atoms with Crippen LogP contribution in [0.4, 0.5) is 0 Å². The van der Waals surface area contributed by atoms with Crippen molar-refractivity contribution in [3.63, 3.8) is 0 Å². The van der Waals surface area contributed by atoms with Crippen molar-refractivity contribution >= 4 is 28.0 Å². The van der Waals surface area contributed by atoms with E-state index in [0.717, 1.165) is 11.3 Å². The van der Waals surface area contributed by atoms with E-state index in [0.29, 0.717) is 43.2 Å². The zero-order chi connectivity index (χ0) is 22.2. The van der Waals surface area contributed by atoms with Crippen LogP contribution in [-0.4, -0.2) is 57.1 Å². The Labute approximate surface area is 184 Å². The van der Waals surface area contributed by atoms with Gasteiger partial charge in [0.15, 0.2) is 4.96 Å². The molecular formula is C23H26N4O3S. The second-order valence-electron chi connectivity index (χ2n) is 8.87. The van der Waals surface area contributed by atoms with E-state index in [1.165, 1.54) is 15.7 Å². The molecule has 1 saturated heterocycles. The van der Waals surface area contributed by atoms with Crippen LogP contribution in [-0.2, 0) is 16.8 Å². The first-order valence-corrected chi connectivity index (χ1v) is 11.2. The topological polar surface area (TPSA) is 75.0 Å². The fourth-order valence-corrected chi connectivity index (χ4v) is 4.43. The number of fused-ring (bicyclic) bond motifs is 1. The molecule has 0 spiro atoms. The zero-order valence-corrected chi connectivity index (χ0v) is 18.8. The van der Waals surface area contributed by atoms with Gasteiger partial charge in [0.25, 0.3) is 11.5 Å². The number of rotatable bonds is 4. The number of ketones is 1. The zero-order valence-electron chi connectivity index (χ0n) is 18.0. The quantitative estimate of drug-likeness (QED) is 0.462. The van der Waals surface area contributed by atoms with Crippen LogP contribution in [0.5, 0.6) is 0 Å². The molecule has 8 heteroatoms. The van der Waals surface area contributed by atoms with Crippen molar-refractivity contribution in [3.05, 3.63) is 69.1 Å². The number of carbonyl (C=O) groups is 2. The minimum absolute atomic E-state index is 0.00363. The highest BCUT2D eigenvalue weighted by atomic mass is 32.1. The summed E-state index contributed by atoms with van der Waals surface area (Å²) in [5.41, 5.74) is 2.19. The third kappa shape index (κ3) is 4.60. The molecule has 0 aliphatic carbocycles. The van der Waals surface area contributed by atoms with Gasteiger partial charge in [-0.05, 0) is 11.0 Å². The van der Waals surface area contributed by atoms with Gasteiger partial charge in [0.2, 0.25) is 5.78 Å². The predicted molar refractivity (Wildman–Crippen MR) is 121 cm³/mol. The lowest BCUT2D eigenvalue weighted by Gasteiger charge is -2.34. The van der Waals surface area contributed by atoms with Crippen LogP contribution >= 0.6 is 11.3 Å². The molecule has 0 N–H and O–H groups in total. The highest BCUT2D eigenvalue weighted by Gasteiger charge is 2.27. The van der Waals surface area contributed by atoms with Crippen LogP contribution in [0.15, 0.2) is 46.7 Å². The van der Waals surface area contributed by atoms with E-state index in [2.05, 4.69) is 30.7 Å². The molecule has 0 bridgehead atoms. The van der Waals surface area contributed by atoms with Gasteiger partial charge in [-0.1, -0.05) is 45.0 Å². The molecule has 0 unspecified atom stereocenters. The first-order valence-electron chi connectivity index (χ1n) is 10.3. The van der Waals surface area contributed by atoms with Gasteiger partial charge in [0, 0.05) is 55.9 Å². The maximum atomic E-state index is 12.7. The first kappa shape index (κ1) is 21.4. The van der Waals surface area contributed by atoms with Crippen LogP contribution < -0.4 is 5.56 Å². The monoisotopic (exact) mass is 438 g/mol. The largest absolute Gasteiger partial charge is 0.333 e. The average molecular weight is 439 g/mol. The lowest BCUT2D eigenvalue weighted by Crippen LogP contribution is -2.50. The van der Waals surface area contributed by atoms with Crippen molar-refractivity contribution in [2.75, 3.05) is 26.2 Å². The number of piperazine rings is 1. The van der Waals surface area contributed by atoms with Crippen LogP contribution in [0.2, 0.25) is 0 Å². The van der Waals surface area contributed by atoms with Crippen molar-refractivity contribution in [3.8, 4) is 0 Å². The molecule has 1 amide bonds. The molecule has 0 atom stereocenters. The Morgan fingerprint density at radius 1 is 1.06 bits per heavy atom. The van der Waals surface area contributed by atoms with E-state index in [4.69, 9.17) is 0 Å². The summed E-state index contributed by atoms with van der Waals surface area (Å²) in [6, 6.07) is 8.86. The van der Waals surface area contributed by atoms with E-state index < -0.39 is 11.7 Å². The number of carbonyl (C=O) groups excluding carboxylic acids is 2. The van der Waals surface area contributed by atoms with E-state index >= 15 is 0 Å². The number of amides is 1. The summed E-state index contributed by atoms with van der Waals surface area (Å²) in [7, 11) is 0. The standard InChI is InChI=1S/C23H26N4O3S/c1-23(2,3)17-6-4-16(5-7-17)20(29)21(30)26-10-8-25(9-11-26)15-18-14-19(28)27-12-13-31-22(27)24-18/h4-7,12-14H,8-11,15H2,1-3H3. The maximum absolute atomic E-state index is 12.7. The number of nitrogens with zero attached hydrogens (tertiary/aromatic N) is 4. The molecule has 4 rings (SSSR count). The van der Waals surface area contributed by atoms with Gasteiger partial charge in [-0.3, -0.25) is 23.7 Å². The van der Waals surface area contributed by atoms with Gasteiger partial charge in [-0.2, -0.15) is 0 Å². The van der Waals surface area contributed by atoms with Gasteiger partial charge in [-0.25, -0.2) is 4.98 Å². The first-order chi connectivity index (χ1) is 14.7. The molecule has 7 nitrogen and oxygen atoms in total. The molecule has 1 aliphatic heterocycles. The van der Waals surface area contributed by atoms with Gasteiger partial charge >= 0.3 is 0 Å². The van der Waals surface area contributed by atoms with E-state index in [1.807, 2.05) is 17.5 Å². The molecule has 3 aromatic rings. The average Bonchev–Trinajstić information content (AvgIpc) is 3.22. The predicted octanol–water partition coefficient (Wildman–Crippen LogP) is 2.58. The summed E-state index contributed by atoms with van der Waals surface area (Å²) in [4.78, 5) is 46.5. The number of hydrogen-bond acceptors (Lipinski definition) is 6. The minimum atomic E-state index is -0.466. The molecule has 1 aromatic carbocycles. The molecule has 2 aromatic heterocycles. The van der Waals surface area contributed by atoms with Crippen molar-refractivity contribution in [1.82, 2.24) is 19.2 Å². The highest BCUT2D eigenvalue weighted by molar-refractivity contribution is 7.15. The van der Waals surface area contributed by atoms with Crippen molar-refractivity contribution in [2.45, 2.75) is 32.7 Å². The summed E-state index contributed by atoms with van der Waals surface area (Å²) in [6.07, 6.45) is 1.72. The Hall–Kier alpha value is -2.84. The Morgan fingerprint density at radius 2 is 1.74 bits per heavy atom. The minimum Gasteiger partial charge on any atom is -0.333 e. The Balaban J connectivity index is 1.36. The third-order valence-corrected chi connectivity index (χ3v) is 6.37. The Kier molecular flexibility index (Phi) is 5.77. The summed E-state index contributed by atoms with van der Waals surface area (Å²) in [5.74, 6) is -0.925. The van der Waals surface area contributed by atoms with Crippen LogP contribution in [0.3, 0.4) is 0 Å². The van der Waals surface area contributed by atoms with Gasteiger partial charge < -0.3 is 4.90 Å². The van der Waals surface area contributed by atoms with Crippen LogP contribution in [0.1, 0.15) is 42.4 Å². The number of thiazole rings is 1. The van der Waals surface area contributed by atoms with E-state index in [-0.39, 0.29) is 11.0 Å². The molecule has 162 valence electrons. The van der Waals surface area contributed by atoms with Crippen LogP contribution in [0, 0.1) is 0 Å². The second kappa shape index (κ2) is 8.36. The Bertz CT molecular complexity index is 1170. The van der Waals surface area contributed by atoms with Gasteiger partial charge in [-0.15, -0.1) is 11.3 Å². The lowest BCUT2D eigenvalue weighted by atomic mass is 9.86. The SMILES string of the molecule is CC(C)(C)c1ccc(C(=O)C(=O)N2CCN(Cc3cc(=O)n4ccsc4n3)CC2)cc1. The summed E-state index contributed by atoms with van der Waals surface area (Å²) in [6.45, 7) is 9.10. The normalized spacial score (nSPS) is 15.4. The second-order valence-corrected chi connectivity index (χ2v) is 9.74. The maximum Gasteiger partial charge on any atom is 0.295 e. The van der Waals surface area contributed by atoms with Gasteiger partial charge in [0.05, 0.1) is 5.69 Å². The summed E-state index contributed by atoms with van der Waals surface area (Å²) in [5, 5.41) is 1.84. The Morgan fingerprint density at radius 3 is 2.39 bits per heavy atom. The van der Waals surface area contributed by atoms with Crippen LogP contribution in [0.25, 0.3) is 4.96 Å². The molecular weight excluding hydrogens is 412 g/mol. The lowest BCUT2D eigenvalue weighted by molar-refractivity contribution is -0.128. The molecule has 3 heterocycles. The molecule has 1 fully saturated rings. The highest BCUT2D eigenvalue weighted by Crippen LogP contribution is 2.22. The van der Waals surface area contributed by atoms with Crippen molar-refractivity contribution in [2.24, 2.45) is 0 Å². The number of benzene rings is 1. The van der Waals surface area contributed by atoms with Gasteiger partial charge in [0.1, 0.15) is 0 Å². The van der Waals surface area contributed by atoms with Crippen molar-refractivity contribution in [1.29, 1.82) is 0 Å².